The maximum Gasteiger partial charge on any atom is 0.275 e. The van der Waals surface area contributed by atoms with Gasteiger partial charge in [0.1, 0.15) is 22.6 Å². The molecule has 2 aromatic heterocycles. The minimum absolute atomic E-state index is 0.122. The average molecular weight is 644 g/mol. The number of sulfonamides is 1. The van der Waals surface area contributed by atoms with Crippen molar-refractivity contribution in [3.63, 3.8) is 0 Å². The first-order valence-electron chi connectivity index (χ1n) is 12.6. The molecule has 37 heavy (non-hydrogen) atoms. The highest BCUT2D eigenvalue weighted by Crippen LogP contribution is 2.33. The van der Waals surface area contributed by atoms with E-state index >= 15 is 0 Å². The first kappa shape index (κ1) is 28.0. The SMILES string of the molecule is CCCc1c(I)n(C)c2c(=O)[nH]c(-c3cc(S(=O)(=O)N4CCN(CCCO)CC4)ccc3OCC)nc12. The third-order valence-electron chi connectivity index (χ3n) is 6.67. The van der Waals surface area contributed by atoms with Gasteiger partial charge in [0.15, 0.2) is 0 Å². The summed E-state index contributed by atoms with van der Waals surface area (Å²) in [5.74, 6) is 0.742. The summed E-state index contributed by atoms with van der Waals surface area (Å²) in [5.41, 5.74) is 2.29. The maximum atomic E-state index is 13.6. The molecular formula is C25H34IN5O5S. The highest BCUT2D eigenvalue weighted by molar-refractivity contribution is 14.1. The van der Waals surface area contributed by atoms with Crippen LogP contribution in [0.1, 0.15) is 32.3 Å². The molecule has 1 fully saturated rings. The van der Waals surface area contributed by atoms with Crippen LogP contribution in [0.2, 0.25) is 0 Å². The Morgan fingerprint density at radius 1 is 1.19 bits per heavy atom. The number of nitrogens with zero attached hydrogens (tertiary/aromatic N) is 4. The molecule has 2 N–H and O–H groups in total. The van der Waals surface area contributed by atoms with Gasteiger partial charge < -0.3 is 24.3 Å². The van der Waals surface area contributed by atoms with E-state index in [9.17, 15) is 13.2 Å². The summed E-state index contributed by atoms with van der Waals surface area (Å²) >= 11 is 2.24. The van der Waals surface area contributed by atoms with Crippen molar-refractivity contribution < 1.29 is 18.3 Å². The highest BCUT2D eigenvalue weighted by atomic mass is 127. The molecule has 3 aromatic rings. The number of ether oxygens (including phenoxy) is 1. The predicted molar refractivity (Wildman–Crippen MR) is 152 cm³/mol. The number of aromatic amines is 1. The molecular weight excluding hydrogens is 609 g/mol. The molecule has 1 saturated heterocycles. The van der Waals surface area contributed by atoms with Crippen LogP contribution in [0.3, 0.4) is 0 Å². The Hall–Kier alpha value is -2.00. The van der Waals surface area contributed by atoms with Crippen LogP contribution < -0.4 is 10.3 Å². The van der Waals surface area contributed by atoms with Gasteiger partial charge in [-0.2, -0.15) is 4.31 Å². The Kier molecular flexibility index (Phi) is 8.94. The van der Waals surface area contributed by atoms with Gasteiger partial charge in [0.2, 0.25) is 10.0 Å². The number of halogens is 1. The van der Waals surface area contributed by atoms with Gasteiger partial charge in [-0.05, 0) is 60.6 Å². The zero-order valence-corrected chi connectivity index (χ0v) is 24.4. The van der Waals surface area contributed by atoms with E-state index in [1.807, 2.05) is 18.5 Å². The topological polar surface area (TPSA) is 121 Å². The molecule has 10 nitrogen and oxygen atoms in total. The molecule has 12 heteroatoms. The molecule has 1 aromatic carbocycles. The molecule has 0 saturated carbocycles. The lowest BCUT2D eigenvalue weighted by Gasteiger charge is -2.33. The minimum Gasteiger partial charge on any atom is -0.493 e. The zero-order chi connectivity index (χ0) is 26.7. The van der Waals surface area contributed by atoms with Crippen molar-refractivity contribution in [3.8, 4) is 17.1 Å². The summed E-state index contributed by atoms with van der Waals surface area (Å²) in [5, 5.41) is 9.07. The highest BCUT2D eigenvalue weighted by Gasteiger charge is 2.29. The Balaban J connectivity index is 1.76. The minimum atomic E-state index is -3.76. The standard InChI is InChI=1S/C25H34IN5O5S/c1-4-7-18-21-22(29(3)23(18)26)25(33)28-24(27-21)19-16-17(8-9-20(19)36-5-2)37(34,35)31-13-11-30(12-14-31)10-6-15-32/h8-9,16,32H,4-7,10-15H2,1-3H3,(H,27,28,33). The first-order valence-corrected chi connectivity index (χ1v) is 15.1. The van der Waals surface area contributed by atoms with Gasteiger partial charge in [-0.15, -0.1) is 0 Å². The van der Waals surface area contributed by atoms with Crippen LogP contribution in [-0.2, 0) is 23.5 Å². The molecule has 3 heterocycles. The molecule has 1 aliphatic rings. The Morgan fingerprint density at radius 3 is 2.57 bits per heavy atom. The van der Waals surface area contributed by atoms with E-state index in [0.717, 1.165) is 28.7 Å². The number of H-pyrrole nitrogens is 1. The Labute approximate surface area is 230 Å². The number of nitrogens with one attached hydrogen (secondary N) is 1. The lowest BCUT2D eigenvalue weighted by molar-refractivity contribution is 0.171. The van der Waals surface area contributed by atoms with Gasteiger partial charge in [0.05, 0.1) is 20.8 Å². The number of fused-ring (bicyclic) bond motifs is 1. The summed E-state index contributed by atoms with van der Waals surface area (Å²) in [6, 6.07) is 4.73. The maximum absolute atomic E-state index is 13.6. The third-order valence-corrected chi connectivity index (χ3v) is 9.94. The van der Waals surface area contributed by atoms with Gasteiger partial charge in [0.25, 0.3) is 5.56 Å². The second-order valence-corrected chi connectivity index (χ2v) is 12.1. The molecule has 1 aliphatic heterocycles. The summed E-state index contributed by atoms with van der Waals surface area (Å²) in [4.78, 5) is 23.1. The van der Waals surface area contributed by atoms with Crippen molar-refractivity contribution in [1.82, 2.24) is 23.7 Å². The second-order valence-electron chi connectivity index (χ2n) is 9.10. The fourth-order valence-electron chi connectivity index (χ4n) is 4.76. The summed E-state index contributed by atoms with van der Waals surface area (Å²) in [7, 11) is -1.91. The van der Waals surface area contributed by atoms with Gasteiger partial charge in [-0.3, -0.25) is 4.79 Å². The van der Waals surface area contributed by atoms with Crippen molar-refractivity contribution in [2.24, 2.45) is 7.05 Å². The van der Waals surface area contributed by atoms with Crippen LogP contribution in [0, 0.1) is 3.70 Å². The van der Waals surface area contributed by atoms with Crippen molar-refractivity contribution in [2.45, 2.75) is 38.0 Å². The van der Waals surface area contributed by atoms with Crippen LogP contribution in [0.4, 0.5) is 0 Å². The summed E-state index contributed by atoms with van der Waals surface area (Å²) < 4.78 is 37.2. The number of aryl methyl sites for hydroxylation is 2. The van der Waals surface area contributed by atoms with E-state index in [-0.39, 0.29) is 22.9 Å². The largest absolute Gasteiger partial charge is 0.493 e. The smallest absolute Gasteiger partial charge is 0.275 e. The molecule has 0 radical (unpaired) electrons. The average Bonchev–Trinajstić information content (AvgIpc) is 3.13. The fraction of sp³-hybridized carbons (Fsp3) is 0.520. The second kappa shape index (κ2) is 11.8. The molecule has 4 rings (SSSR count). The van der Waals surface area contributed by atoms with Crippen molar-refractivity contribution in [3.05, 3.63) is 37.8 Å². The van der Waals surface area contributed by atoms with Crippen LogP contribution >= 0.6 is 22.6 Å². The lowest BCUT2D eigenvalue weighted by Crippen LogP contribution is -2.48. The number of aliphatic hydroxyl groups is 1. The number of rotatable bonds is 10. The van der Waals surface area contributed by atoms with Crippen LogP contribution in [-0.4, -0.2) is 83.2 Å². The van der Waals surface area contributed by atoms with Crippen molar-refractivity contribution in [2.75, 3.05) is 45.9 Å². The van der Waals surface area contributed by atoms with E-state index in [1.165, 1.54) is 4.31 Å². The van der Waals surface area contributed by atoms with Gasteiger partial charge in [0, 0.05) is 51.9 Å². The lowest BCUT2D eigenvalue weighted by atomic mass is 10.1. The predicted octanol–water partition coefficient (Wildman–Crippen LogP) is 2.57. The number of hydrogen-bond acceptors (Lipinski definition) is 7. The first-order chi connectivity index (χ1) is 17.7. The monoisotopic (exact) mass is 643 g/mol. The number of benzene rings is 1. The van der Waals surface area contributed by atoms with Crippen LogP contribution in [0.25, 0.3) is 22.4 Å². The molecule has 0 spiro atoms. The van der Waals surface area contributed by atoms with E-state index in [2.05, 4.69) is 39.4 Å². The zero-order valence-electron chi connectivity index (χ0n) is 21.5. The van der Waals surface area contributed by atoms with E-state index in [0.29, 0.717) is 61.6 Å². The number of aromatic nitrogens is 3. The normalized spacial score (nSPS) is 15.5. The van der Waals surface area contributed by atoms with E-state index in [4.69, 9.17) is 14.8 Å². The van der Waals surface area contributed by atoms with Crippen LogP contribution in [0.15, 0.2) is 27.9 Å². The Bertz CT molecular complexity index is 1430. The van der Waals surface area contributed by atoms with E-state index in [1.54, 1.807) is 18.2 Å². The van der Waals surface area contributed by atoms with Crippen molar-refractivity contribution in [1.29, 1.82) is 0 Å². The van der Waals surface area contributed by atoms with Gasteiger partial charge in [-0.25, -0.2) is 13.4 Å². The molecule has 0 aliphatic carbocycles. The molecule has 202 valence electrons. The molecule has 0 bridgehead atoms. The van der Waals surface area contributed by atoms with E-state index < -0.39 is 10.0 Å². The van der Waals surface area contributed by atoms with Crippen LogP contribution in [0.5, 0.6) is 5.75 Å². The molecule has 0 atom stereocenters. The third kappa shape index (κ3) is 5.58. The summed E-state index contributed by atoms with van der Waals surface area (Å²) in [6.45, 7) is 7.16. The van der Waals surface area contributed by atoms with Gasteiger partial charge in [-0.1, -0.05) is 13.3 Å². The molecule has 0 unspecified atom stereocenters. The number of aliphatic hydroxyl groups excluding tert-OH is 1. The Morgan fingerprint density at radius 2 is 1.92 bits per heavy atom. The number of hydrogen-bond donors (Lipinski definition) is 2. The summed E-state index contributed by atoms with van der Waals surface area (Å²) in [6.07, 6.45) is 2.36. The van der Waals surface area contributed by atoms with Gasteiger partial charge >= 0.3 is 0 Å². The quantitative estimate of drug-likeness (QED) is 0.326. The molecule has 0 amide bonds. The van der Waals surface area contributed by atoms with Crippen molar-refractivity contribution >= 4 is 43.6 Å². The fourth-order valence-corrected chi connectivity index (χ4v) is 6.97. The number of piperazine rings is 1.